The molecule has 164 valence electrons. The summed E-state index contributed by atoms with van der Waals surface area (Å²) in [5.41, 5.74) is 0.625. The molecule has 2 fully saturated rings. The van der Waals surface area contributed by atoms with E-state index in [4.69, 9.17) is 9.47 Å². The van der Waals surface area contributed by atoms with Crippen molar-refractivity contribution in [3.63, 3.8) is 0 Å². The second kappa shape index (κ2) is 8.82. The number of benzene rings is 1. The number of ether oxygens (including phenoxy) is 2. The summed E-state index contributed by atoms with van der Waals surface area (Å²) in [6.45, 7) is 1.72. The lowest BCUT2D eigenvalue weighted by atomic mass is 9.87. The predicted molar refractivity (Wildman–Crippen MR) is 116 cm³/mol. The van der Waals surface area contributed by atoms with Crippen molar-refractivity contribution in [1.29, 1.82) is 0 Å². The monoisotopic (exact) mass is 442 g/mol. The molecule has 1 saturated heterocycles. The van der Waals surface area contributed by atoms with Crippen molar-refractivity contribution in [2.75, 3.05) is 25.2 Å². The van der Waals surface area contributed by atoms with E-state index in [1.807, 2.05) is 4.90 Å². The van der Waals surface area contributed by atoms with Gasteiger partial charge in [-0.05, 0) is 37.8 Å². The lowest BCUT2D eigenvalue weighted by molar-refractivity contribution is -0.137. The number of carbonyl (C=O) groups excluding carboxylic acids is 2. The van der Waals surface area contributed by atoms with Crippen molar-refractivity contribution in [2.24, 2.45) is 5.92 Å². The number of carbonyl (C=O) groups is 2. The molecule has 3 heterocycles. The second-order valence-corrected chi connectivity index (χ2v) is 9.41. The van der Waals surface area contributed by atoms with Gasteiger partial charge in [0.05, 0.1) is 0 Å². The number of nitrogens with zero attached hydrogens (tertiary/aromatic N) is 3. The van der Waals surface area contributed by atoms with Gasteiger partial charge < -0.3 is 19.7 Å². The zero-order valence-corrected chi connectivity index (χ0v) is 18.2. The summed E-state index contributed by atoms with van der Waals surface area (Å²) in [7, 11) is 0. The van der Waals surface area contributed by atoms with E-state index in [9.17, 15) is 9.59 Å². The minimum absolute atomic E-state index is 0.192. The summed E-state index contributed by atoms with van der Waals surface area (Å²) < 4.78 is 10.6. The number of amides is 2. The SMILES string of the molecule is O=C(Nc1ccc2c(c1)OCO2)c1nnc(C2CCN(C(=O)C3CCCCC3)CC2)s1. The Balaban J connectivity index is 1.16. The first-order valence-electron chi connectivity index (χ1n) is 11.0. The van der Waals surface area contributed by atoms with Crippen LogP contribution < -0.4 is 14.8 Å². The van der Waals surface area contributed by atoms with Crippen LogP contribution in [0.2, 0.25) is 0 Å². The number of rotatable bonds is 4. The Bertz CT molecular complexity index is 964. The molecule has 0 radical (unpaired) electrons. The Kier molecular flexibility index (Phi) is 5.76. The summed E-state index contributed by atoms with van der Waals surface area (Å²) in [6.07, 6.45) is 7.43. The fourth-order valence-electron chi connectivity index (χ4n) is 4.60. The van der Waals surface area contributed by atoms with Crippen LogP contribution in [-0.2, 0) is 4.79 Å². The Hall–Kier alpha value is -2.68. The molecule has 0 unspecified atom stereocenters. The summed E-state index contributed by atoms with van der Waals surface area (Å²) >= 11 is 1.34. The summed E-state index contributed by atoms with van der Waals surface area (Å²) in [5, 5.41) is 12.4. The number of aromatic nitrogens is 2. The number of hydrogen-bond acceptors (Lipinski definition) is 7. The van der Waals surface area contributed by atoms with E-state index in [1.54, 1.807) is 18.2 Å². The molecular formula is C22H26N4O4S. The lowest BCUT2D eigenvalue weighted by Gasteiger charge is -2.34. The maximum Gasteiger partial charge on any atom is 0.286 e. The Labute approximate surface area is 184 Å². The summed E-state index contributed by atoms with van der Waals surface area (Å²) in [6, 6.07) is 5.28. The van der Waals surface area contributed by atoms with Gasteiger partial charge in [0.2, 0.25) is 17.7 Å². The smallest absolute Gasteiger partial charge is 0.286 e. The van der Waals surface area contributed by atoms with Crippen LogP contribution in [0.15, 0.2) is 18.2 Å². The van der Waals surface area contributed by atoms with Crippen molar-refractivity contribution in [3.8, 4) is 11.5 Å². The van der Waals surface area contributed by atoms with Gasteiger partial charge in [0.1, 0.15) is 5.01 Å². The second-order valence-electron chi connectivity index (χ2n) is 8.40. The Morgan fingerprint density at radius 2 is 1.77 bits per heavy atom. The van der Waals surface area contributed by atoms with Crippen LogP contribution in [0.3, 0.4) is 0 Å². The van der Waals surface area contributed by atoms with E-state index in [1.165, 1.54) is 30.6 Å². The minimum atomic E-state index is -0.285. The molecule has 1 aromatic carbocycles. The minimum Gasteiger partial charge on any atom is -0.454 e. The third-order valence-electron chi connectivity index (χ3n) is 6.38. The molecule has 2 aliphatic heterocycles. The number of anilines is 1. The van der Waals surface area contributed by atoms with Gasteiger partial charge in [-0.2, -0.15) is 0 Å². The van der Waals surface area contributed by atoms with Crippen LogP contribution in [0.1, 0.15) is 65.7 Å². The highest BCUT2D eigenvalue weighted by Gasteiger charge is 2.31. The molecule has 9 heteroatoms. The van der Waals surface area contributed by atoms with Crippen molar-refractivity contribution < 1.29 is 19.1 Å². The quantitative estimate of drug-likeness (QED) is 0.774. The molecule has 1 saturated carbocycles. The van der Waals surface area contributed by atoms with E-state index in [2.05, 4.69) is 15.5 Å². The normalized spacial score (nSPS) is 19.4. The zero-order chi connectivity index (χ0) is 21.2. The molecule has 3 aliphatic rings. The lowest BCUT2D eigenvalue weighted by Crippen LogP contribution is -2.41. The Morgan fingerprint density at radius 3 is 2.58 bits per heavy atom. The molecule has 0 spiro atoms. The van der Waals surface area contributed by atoms with Gasteiger partial charge in [-0.25, -0.2) is 0 Å². The van der Waals surface area contributed by atoms with E-state index >= 15 is 0 Å². The third kappa shape index (κ3) is 4.37. The van der Waals surface area contributed by atoms with E-state index in [0.717, 1.165) is 43.8 Å². The molecule has 0 atom stereocenters. The van der Waals surface area contributed by atoms with Crippen molar-refractivity contribution >= 4 is 28.8 Å². The molecule has 1 N–H and O–H groups in total. The molecule has 1 aliphatic carbocycles. The zero-order valence-electron chi connectivity index (χ0n) is 17.3. The van der Waals surface area contributed by atoms with Gasteiger partial charge in [0, 0.05) is 36.7 Å². The highest BCUT2D eigenvalue weighted by atomic mass is 32.1. The highest BCUT2D eigenvalue weighted by molar-refractivity contribution is 7.13. The molecule has 1 aromatic heterocycles. The molecule has 0 bridgehead atoms. The van der Waals surface area contributed by atoms with Crippen LogP contribution in [-0.4, -0.2) is 46.8 Å². The topological polar surface area (TPSA) is 93.7 Å². The highest BCUT2D eigenvalue weighted by Crippen LogP contribution is 2.35. The average Bonchev–Trinajstić information content (AvgIpc) is 3.49. The van der Waals surface area contributed by atoms with Gasteiger partial charge in [0.15, 0.2) is 11.5 Å². The number of piperidine rings is 1. The first-order valence-corrected chi connectivity index (χ1v) is 11.8. The molecule has 2 aromatic rings. The maximum absolute atomic E-state index is 12.8. The maximum atomic E-state index is 12.8. The molecule has 8 nitrogen and oxygen atoms in total. The number of nitrogens with one attached hydrogen (secondary N) is 1. The van der Waals surface area contributed by atoms with Gasteiger partial charge in [-0.3, -0.25) is 9.59 Å². The van der Waals surface area contributed by atoms with Crippen LogP contribution in [0, 0.1) is 5.92 Å². The van der Waals surface area contributed by atoms with E-state index in [-0.39, 0.29) is 24.5 Å². The Morgan fingerprint density at radius 1 is 1.00 bits per heavy atom. The van der Waals surface area contributed by atoms with Gasteiger partial charge >= 0.3 is 0 Å². The first kappa shape index (κ1) is 20.2. The molecule has 5 rings (SSSR count). The van der Waals surface area contributed by atoms with Gasteiger partial charge in [-0.1, -0.05) is 30.6 Å². The molecule has 31 heavy (non-hydrogen) atoms. The fraction of sp³-hybridized carbons (Fsp3) is 0.545. The van der Waals surface area contributed by atoms with E-state index < -0.39 is 0 Å². The number of fused-ring (bicyclic) bond motifs is 1. The number of hydrogen-bond donors (Lipinski definition) is 1. The first-order chi connectivity index (χ1) is 15.2. The van der Waals surface area contributed by atoms with Gasteiger partial charge in [0.25, 0.3) is 5.91 Å². The molecule has 2 amide bonds. The third-order valence-corrected chi connectivity index (χ3v) is 7.46. The number of likely N-dealkylation sites (tertiary alicyclic amines) is 1. The van der Waals surface area contributed by atoms with Gasteiger partial charge in [-0.15, -0.1) is 10.2 Å². The van der Waals surface area contributed by atoms with Crippen LogP contribution in [0.4, 0.5) is 5.69 Å². The molecular weight excluding hydrogens is 416 g/mol. The fourth-order valence-corrected chi connectivity index (χ4v) is 5.51. The van der Waals surface area contributed by atoms with Crippen molar-refractivity contribution in [3.05, 3.63) is 28.2 Å². The largest absolute Gasteiger partial charge is 0.454 e. The predicted octanol–water partition coefficient (Wildman–Crippen LogP) is 3.81. The standard InChI is InChI=1S/C22H26N4O4S/c27-19(23-16-6-7-17-18(12-16)30-13-29-17)21-25-24-20(31-21)14-8-10-26(11-9-14)22(28)15-4-2-1-3-5-15/h6-7,12,14-15H,1-5,8-11,13H2,(H,23,27). The average molecular weight is 443 g/mol. The van der Waals surface area contributed by atoms with Crippen LogP contribution >= 0.6 is 11.3 Å². The van der Waals surface area contributed by atoms with Crippen LogP contribution in [0.25, 0.3) is 0 Å². The summed E-state index contributed by atoms with van der Waals surface area (Å²) in [4.78, 5) is 27.4. The van der Waals surface area contributed by atoms with Crippen LogP contribution in [0.5, 0.6) is 11.5 Å². The summed E-state index contributed by atoms with van der Waals surface area (Å²) in [5.74, 6) is 1.81. The van der Waals surface area contributed by atoms with Crippen molar-refractivity contribution in [2.45, 2.75) is 50.9 Å². The van der Waals surface area contributed by atoms with E-state index in [0.29, 0.717) is 28.1 Å². The van der Waals surface area contributed by atoms with Crippen molar-refractivity contribution in [1.82, 2.24) is 15.1 Å².